The van der Waals surface area contributed by atoms with Gasteiger partial charge in [-0.15, -0.1) is 0 Å². The molecule has 0 aromatic carbocycles. The molecule has 0 spiro atoms. The third-order valence-electron chi connectivity index (χ3n) is 2.34. The Labute approximate surface area is 93.8 Å². The second-order valence-corrected chi connectivity index (χ2v) is 3.54. The van der Waals surface area contributed by atoms with Crippen molar-refractivity contribution in [2.45, 2.75) is 19.4 Å². The minimum atomic E-state index is 0.205. The van der Waals surface area contributed by atoms with E-state index in [1.165, 1.54) is 0 Å². The highest BCUT2D eigenvalue weighted by atomic mass is 16.2. The highest BCUT2D eigenvalue weighted by Gasteiger charge is 2.03. The molecule has 84 valence electrons. The van der Waals surface area contributed by atoms with Crippen molar-refractivity contribution in [3.8, 4) is 0 Å². The van der Waals surface area contributed by atoms with E-state index in [9.17, 15) is 0 Å². The van der Waals surface area contributed by atoms with Crippen molar-refractivity contribution in [1.82, 2.24) is 19.5 Å². The summed E-state index contributed by atoms with van der Waals surface area (Å²) in [5, 5.41) is 8.79. The molecule has 2 aromatic heterocycles. The van der Waals surface area contributed by atoms with Crippen LogP contribution in [0.1, 0.15) is 17.8 Å². The van der Waals surface area contributed by atoms with Crippen molar-refractivity contribution in [3.63, 3.8) is 0 Å². The zero-order chi connectivity index (χ0) is 11.2. The van der Waals surface area contributed by atoms with Crippen LogP contribution >= 0.6 is 0 Å². The van der Waals surface area contributed by atoms with Gasteiger partial charge < -0.3 is 9.67 Å². The summed E-state index contributed by atoms with van der Waals surface area (Å²) in [4.78, 5) is 12.3. The SMILES string of the molecule is OCCCc1cncn1Cc1cnccn1. The molecule has 5 nitrogen and oxygen atoms in total. The summed E-state index contributed by atoms with van der Waals surface area (Å²) in [7, 11) is 0. The number of aliphatic hydroxyl groups is 1. The van der Waals surface area contributed by atoms with E-state index in [2.05, 4.69) is 15.0 Å². The third kappa shape index (κ3) is 2.64. The van der Waals surface area contributed by atoms with E-state index in [0.29, 0.717) is 6.54 Å². The van der Waals surface area contributed by atoms with Gasteiger partial charge in [0.15, 0.2) is 0 Å². The van der Waals surface area contributed by atoms with Crippen LogP contribution in [0.2, 0.25) is 0 Å². The van der Waals surface area contributed by atoms with Crippen LogP contribution in [0.5, 0.6) is 0 Å². The van der Waals surface area contributed by atoms with E-state index < -0.39 is 0 Å². The Kier molecular flexibility index (Phi) is 3.61. The van der Waals surface area contributed by atoms with Crippen LogP contribution in [0.25, 0.3) is 0 Å². The zero-order valence-corrected chi connectivity index (χ0v) is 8.95. The molecule has 0 fully saturated rings. The molecule has 0 unspecified atom stereocenters. The van der Waals surface area contributed by atoms with E-state index in [1.807, 2.05) is 10.8 Å². The van der Waals surface area contributed by atoms with Crippen LogP contribution in [0.3, 0.4) is 0 Å². The lowest BCUT2D eigenvalue weighted by Gasteiger charge is -2.06. The Balaban J connectivity index is 2.07. The maximum absolute atomic E-state index is 8.79. The highest BCUT2D eigenvalue weighted by molar-refractivity contribution is 5.03. The molecule has 0 radical (unpaired) electrons. The number of hydrogen-bond donors (Lipinski definition) is 1. The van der Waals surface area contributed by atoms with Crippen LogP contribution < -0.4 is 0 Å². The monoisotopic (exact) mass is 218 g/mol. The highest BCUT2D eigenvalue weighted by Crippen LogP contribution is 2.05. The molecule has 2 aromatic rings. The second kappa shape index (κ2) is 5.37. The van der Waals surface area contributed by atoms with Crippen molar-refractivity contribution in [1.29, 1.82) is 0 Å². The van der Waals surface area contributed by atoms with E-state index in [0.717, 1.165) is 24.2 Å². The molecule has 0 aliphatic rings. The maximum atomic E-state index is 8.79. The summed E-state index contributed by atoms with van der Waals surface area (Å²) in [5.74, 6) is 0. The number of hydrogen-bond acceptors (Lipinski definition) is 4. The number of aryl methyl sites for hydroxylation is 1. The summed E-state index contributed by atoms with van der Waals surface area (Å²) < 4.78 is 2.03. The molecule has 0 saturated carbocycles. The lowest BCUT2D eigenvalue weighted by Crippen LogP contribution is -2.05. The number of aliphatic hydroxyl groups excluding tert-OH is 1. The molecule has 0 bridgehead atoms. The number of nitrogens with zero attached hydrogens (tertiary/aromatic N) is 4. The van der Waals surface area contributed by atoms with Crippen LogP contribution in [-0.2, 0) is 13.0 Å². The molecular formula is C11H14N4O. The Hall–Kier alpha value is -1.75. The van der Waals surface area contributed by atoms with Gasteiger partial charge in [-0.25, -0.2) is 4.98 Å². The maximum Gasteiger partial charge on any atom is 0.0951 e. The average Bonchev–Trinajstić information content (AvgIpc) is 2.75. The van der Waals surface area contributed by atoms with Gasteiger partial charge in [0.25, 0.3) is 0 Å². The van der Waals surface area contributed by atoms with Crippen LogP contribution in [0.4, 0.5) is 0 Å². The van der Waals surface area contributed by atoms with Gasteiger partial charge in [-0.1, -0.05) is 0 Å². The average molecular weight is 218 g/mol. The van der Waals surface area contributed by atoms with Gasteiger partial charge in [-0.05, 0) is 12.8 Å². The lowest BCUT2D eigenvalue weighted by molar-refractivity contribution is 0.287. The fraction of sp³-hybridized carbons (Fsp3) is 0.364. The van der Waals surface area contributed by atoms with Crippen LogP contribution in [-0.4, -0.2) is 31.2 Å². The molecule has 2 rings (SSSR count). The van der Waals surface area contributed by atoms with Crippen molar-refractivity contribution < 1.29 is 5.11 Å². The van der Waals surface area contributed by atoms with Crippen molar-refractivity contribution >= 4 is 0 Å². The fourth-order valence-corrected chi connectivity index (χ4v) is 1.55. The second-order valence-electron chi connectivity index (χ2n) is 3.54. The number of aromatic nitrogens is 4. The number of rotatable bonds is 5. The van der Waals surface area contributed by atoms with Gasteiger partial charge in [-0.3, -0.25) is 9.97 Å². The zero-order valence-electron chi connectivity index (χ0n) is 8.95. The molecule has 2 heterocycles. The molecule has 1 N–H and O–H groups in total. The van der Waals surface area contributed by atoms with Gasteiger partial charge in [0, 0.05) is 30.9 Å². The molecule has 0 amide bonds. The molecule has 0 aliphatic carbocycles. The molecule has 5 heteroatoms. The van der Waals surface area contributed by atoms with Crippen molar-refractivity contribution in [3.05, 3.63) is 42.5 Å². The van der Waals surface area contributed by atoms with Gasteiger partial charge in [0.05, 0.1) is 24.8 Å². The van der Waals surface area contributed by atoms with E-state index >= 15 is 0 Å². The Morgan fingerprint density at radius 1 is 1.19 bits per heavy atom. The molecule has 0 aliphatic heterocycles. The predicted octanol–water partition coefficient (Wildman–Crippen LogP) is 0.646. The number of imidazole rings is 1. The van der Waals surface area contributed by atoms with Crippen molar-refractivity contribution in [2.75, 3.05) is 6.61 Å². The normalized spacial score (nSPS) is 10.6. The largest absolute Gasteiger partial charge is 0.396 e. The van der Waals surface area contributed by atoms with Crippen molar-refractivity contribution in [2.24, 2.45) is 0 Å². The summed E-state index contributed by atoms with van der Waals surface area (Å²) in [5.41, 5.74) is 2.02. The minimum absolute atomic E-state index is 0.205. The standard InChI is InChI=1S/C11H14N4O/c16-5-1-2-11-7-13-9-15(11)8-10-6-12-3-4-14-10/h3-4,6-7,9,16H,1-2,5,8H2. The first-order valence-corrected chi connectivity index (χ1v) is 5.25. The minimum Gasteiger partial charge on any atom is -0.396 e. The summed E-state index contributed by atoms with van der Waals surface area (Å²) >= 11 is 0. The Morgan fingerprint density at radius 3 is 2.88 bits per heavy atom. The first kappa shape index (κ1) is 10.8. The molecule has 0 saturated heterocycles. The molecule has 16 heavy (non-hydrogen) atoms. The summed E-state index contributed by atoms with van der Waals surface area (Å²) in [6.07, 6.45) is 10.3. The van der Waals surface area contributed by atoms with Gasteiger partial charge in [0.1, 0.15) is 0 Å². The fourth-order valence-electron chi connectivity index (χ4n) is 1.55. The predicted molar refractivity (Wildman–Crippen MR) is 58.8 cm³/mol. The lowest BCUT2D eigenvalue weighted by atomic mass is 10.2. The van der Waals surface area contributed by atoms with Gasteiger partial charge in [-0.2, -0.15) is 0 Å². The first-order chi connectivity index (χ1) is 7.90. The molecular weight excluding hydrogens is 204 g/mol. The first-order valence-electron chi connectivity index (χ1n) is 5.25. The van der Waals surface area contributed by atoms with Crippen LogP contribution in [0, 0.1) is 0 Å². The van der Waals surface area contributed by atoms with Gasteiger partial charge >= 0.3 is 0 Å². The smallest absolute Gasteiger partial charge is 0.0951 e. The topological polar surface area (TPSA) is 63.8 Å². The quantitative estimate of drug-likeness (QED) is 0.800. The summed E-state index contributed by atoms with van der Waals surface area (Å²) in [6, 6.07) is 0. The summed E-state index contributed by atoms with van der Waals surface area (Å²) in [6.45, 7) is 0.880. The Morgan fingerprint density at radius 2 is 2.12 bits per heavy atom. The Bertz CT molecular complexity index is 427. The van der Waals surface area contributed by atoms with E-state index in [-0.39, 0.29) is 6.61 Å². The molecule has 0 atom stereocenters. The van der Waals surface area contributed by atoms with Crippen LogP contribution in [0.15, 0.2) is 31.1 Å². The third-order valence-corrected chi connectivity index (χ3v) is 2.34. The van der Waals surface area contributed by atoms with E-state index in [4.69, 9.17) is 5.11 Å². The van der Waals surface area contributed by atoms with E-state index in [1.54, 1.807) is 24.9 Å². The van der Waals surface area contributed by atoms with Gasteiger partial charge in [0.2, 0.25) is 0 Å².